The van der Waals surface area contributed by atoms with Crippen LogP contribution >= 0.6 is 0 Å². The van der Waals surface area contributed by atoms with Crippen molar-refractivity contribution in [1.29, 1.82) is 0 Å². The minimum Gasteiger partial charge on any atom is -0.465 e. The summed E-state index contributed by atoms with van der Waals surface area (Å²) >= 11 is 0. The average Bonchev–Trinajstić information content (AvgIpc) is 2.75. The minimum absolute atomic E-state index is 0.262. The number of hydrogen-bond donors (Lipinski definition) is 0. The summed E-state index contributed by atoms with van der Waals surface area (Å²) in [5, 5.41) is 0. The van der Waals surface area contributed by atoms with Crippen LogP contribution in [0.25, 0.3) is 6.08 Å². The van der Waals surface area contributed by atoms with Crippen molar-refractivity contribution >= 4 is 18.0 Å². The zero-order valence-corrected chi connectivity index (χ0v) is 9.43. The number of carbonyl (C=O) groups excluding carboxylic acids is 2. The number of rotatable bonds is 2. The van der Waals surface area contributed by atoms with Gasteiger partial charge >= 0.3 is 11.9 Å². The summed E-state index contributed by atoms with van der Waals surface area (Å²) in [5.41, 5.74) is 2.02. The molecule has 1 aromatic rings. The van der Waals surface area contributed by atoms with Gasteiger partial charge in [-0.3, -0.25) is 0 Å². The number of carbonyl (C=O) groups is 2. The molecule has 0 unspecified atom stereocenters. The third-order valence-electron chi connectivity index (χ3n) is 2.54. The Morgan fingerprint density at radius 1 is 1.35 bits per heavy atom. The first kappa shape index (κ1) is 11.4. The first-order valence-electron chi connectivity index (χ1n) is 5.27. The van der Waals surface area contributed by atoms with Gasteiger partial charge in [-0.25, -0.2) is 9.59 Å². The molecular weight excluding hydrogens is 220 g/mol. The van der Waals surface area contributed by atoms with Crippen molar-refractivity contribution in [3.63, 3.8) is 0 Å². The molecule has 4 nitrogen and oxygen atoms in total. The Morgan fingerprint density at radius 2 is 2.06 bits per heavy atom. The molecule has 1 heterocycles. The van der Waals surface area contributed by atoms with E-state index in [9.17, 15) is 9.59 Å². The van der Waals surface area contributed by atoms with Crippen LogP contribution in [0.4, 0.5) is 0 Å². The molecular formula is C13H12O4. The van der Waals surface area contributed by atoms with Crippen molar-refractivity contribution in [2.75, 3.05) is 13.7 Å². The smallest absolute Gasteiger partial charge is 0.337 e. The van der Waals surface area contributed by atoms with Gasteiger partial charge in [0.15, 0.2) is 0 Å². The summed E-state index contributed by atoms with van der Waals surface area (Å²) in [6.45, 7) is 0.449. The number of cyclic esters (lactones) is 1. The van der Waals surface area contributed by atoms with E-state index < -0.39 is 0 Å². The number of benzene rings is 1. The first-order chi connectivity index (χ1) is 8.20. The monoisotopic (exact) mass is 232 g/mol. The molecule has 0 aromatic heterocycles. The Morgan fingerprint density at radius 3 is 2.59 bits per heavy atom. The van der Waals surface area contributed by atoms with Crippen LogP contribution in [0.3, 0.4) is 0 Å². The van der Waals surface area contributed by atoms with Gasteiger partial charge in [0.05, 0.1) is 19.3 Å². The van der Waals surface area contributed by atoms with Crippen LogP contribution in [0.1, 0.15) is 22.3 Å². The van der Waals surface area contributed by atoms with Crippen LogP contribution in [0, 0.1) is 0 Å². The molecule has 4 heteroatoms. The predicted molar refractivity (Wildman–Crippen MR) is 61.3 cm³/mol. The van der Waals surface area contributed by atoms with E-state index in [-0.39, 0.29) is 11.9 Å². The second-order valence-electron chi connectivity index (χ2n) is 3.67. The van der Waals surface area contributed by atoms with Gasteiger partial charge in [0.25, 0.3) is 0 Å². The molecule has 1 aromatic carbocycles. The molecule has 1 aliphatic rings. The molecule has 0 amide bonds. The van der Waals surface area contributed by atoms with Gasteiger partial charge in [-0.05, 0) is 23.8 Å². The Hall–Kier alpha value is -2.10. The third kappa shape index (κ3) is 2.53. The number of hydrogen-bond acceptors (Lipinski definition) is 4. The Labute approximate surface area is 98.8 Å². The normalized spacial score (nSPS) is 17.0. The largest absolute Gasteiger partial charge is 0.465 e. The molecule has 0 bridgehead atoms. The second kappa shape index (κ2) is 4.82. The van der Waals surface area contributed by atoms with Crippen molar-refractivity contribution in [1.82, 2.24) is 0 Å². The van der Waals surface area contributed by atoms with Gasteiger partial charge in [-0.1, -0.05) is 12.1 Å². The van der Waals surface area contributed by atoms with E-state index in [0.717, 1.165) is 5.56 Å². The fourth-order valence-corrected chi connectivity index (χ4v) is 1.61. The summed E-state index contributed by atoms with van der Waals surface area (Å²) in [4.78, 5) is 22.4. The first-order valence-corrected chi connectivity index (χ1v) is 5.27. The van der Waals surface area contributed by atoms with Gasteiger partial charge in [0.1, 0.15) is 0 Å². The van der Waals surface area contributed by atoms with Crippen molar-refractivity contribution in [3.05, 3.63) is 41.0 Å². The molecule has 1 saturated heterocycles. The van der Waals surface area contributed by atoms with Crippen LogP contribution in [0.2, 0.25) is 0 Å². The molecule has 0 spiro atoms. The van der Waals surface area contributed by atoms with E-state index in [0.29, 0.717) is 24.2 Å². The third-order valence-corrected chi connectivity index (χ3v) is 2.54. The summed E-state index contributed by atoms with van der Waals surface area (Å²) < 4.78 is 9.43. The van der Waals surface area contributed by atoms with E-state index >= 15 is 0 Å². The maximum absolute atomic E-state index is 11.2. The van der Waals surface area contributed by atoms with Crippen molar-refractivity contribution in [2.24, 2.45) is 0 Å². The highest BCUT2D eigenvalue weighted by Crippen LogP contribution is 2.17. The number of ether oxygens (including phenoxy) is 2. The molecule has 0 saturated carbocycles. The lowest BCUT2D eigenvalue weighted by Crippen LogP contribution is -2.00. The standard InChI is InChI=1S/C13H12O4/c1-16-12(14)10-4-2-9(3-5-10)8-11-6-7-17-13(11)15/h2-5,8H,6-7H2,1H3/b11-8-. The predicted octanol–water partition coefficient (Wildman–Crippen LogP) is 1.80. The van der Waals surface area contributed by atoms with E-state index in [2.05, 4.69) is 4.74 Å². The Balaban J connectivity index is 2.18. The van der Waals surface area contributed by atoms with E-state index in [1.807, 2.05) is 0 Å². The van der Waals surface area contributed by atoms with Crippen molar-refractivity contribution in [2.45, 2.75) is 6.42 Å². The summed E-state index contributed by atoms with van der Waals surface area (Å²) in [6.07, 6.45) is 2.41. The number of methoxy groups -OCH3 is 1. The Bertz CT molecular complexity index is 471. The maximum Gasteiger partial charge on any atom is 0.337 e. The van der Waals surface area contributed by atoms with Crippen LogP contribution in [0.5, 0.6) is 0 Å². The summed E-state index contributed by atoms with van der Waals surface area (Å²) in [6, 6.07) is 6.87. The van der Waals surface area contributed by atoms with Crippen molar-refractivity contribution < 1.29 is 19.1 Å². The van der Waals surface area contributed by atoms with E-state index in [1.165, 1.54) is 7.11 Å². The highest BCUT2D eigenvalue weighted by Gasteiger charge is 2.18. The maximum atomic E-state index is 11.2. The quantitative estimate of drug-likeness (QED) is 0.576. The molecule has 1 aliphatic heterocycles. The highest BCUT2D eigenvalue weighted by molar-refractivity contribution is 5.95. The summed E-state index contributed by atoms with van der Waals surface area (Å²) in [7, 11) is 1.34. The molecule has 0 N–H and O–H groups in total. The van der Waals surface area contributed by atoms with Crippen LogP contribution in [-0.2, 0) is 14.3 Å². The minimum atomic E-state index is -0.371. The van der Waals surface area contributed by atoms with Gasteiger partial charge in [0.2, 0.25) is 0 Å². The van der Waals surface area contributed by atoms with Gasteiger partial charge < -0.3 is 9.47 Å². The summed E-state index contributed by atoms with van der Waals surface area (Å²) in [5.74, 6) is -0.633. The van der Waals surface area contributed by atoms with Crippen LogP contribution in [0.15, 0.2) is 29.8 Å². The number of esters is 2. The van der Waals surface area contributed by atoms with E-state index in [4.69, 9.17) is 4.74 Å². The lowest BCUT2D eigenvalue weighted by molar-refractivity contribution is -0.134. The van der Waals surface area contributed by atoms with Crippen LogP contribution in [-0.4, -0.2) is 25.7 Å². The van der Waals surface area contributed by atoms with Gasteiger partial charge in [-0.2, -0.15) is 0 Å². The van der Waals surface area contributed by atoms with E-state index in [1.54, 1.807) is 30.3 Å². The topological polar surface area (TPSA) is 52.6 Å². The van der Waals surface area contributed by atoms with Crippen LogP contribution < -0.4 is 0 Å². The van der Waals surface area contributed by atoms with Gasteiger partial charge in [-0.15, -0.1) is 0 Å². The molecule has 1 fully saturated rings. The molecule has 2 rings (SSSR count). The molecule has 0 atom stereocenters. The Kier molecular flexibility index (Phi) is 3.23. The fourth-order valence-electron chi connectivity index (χ4n) is 1.61. The lowest BCUT2D eigenvalue weighted by Gasteiger charge is -1.99. The SMILES string of the molecule is COC(=O)c1ccc(/C=C2/CCOC2=O)cc1. The molecule has 0 aliphatic carbocycles. The zero-order chi connectivity index (χ0) is 12.3. The fraction of sp³-hybridized carbons (Fsp3) is 0.231. The second-order valence-corrected chi connectivity index (χ2v) is 3.67. The molecule has 0 radical (unpaired) electrons. The van der Waals surface area contributed by atoms with Crippen molar-refractivity contribution in [3.8, 4) is 0 Å². The zero-order valence-electron chi connectivity index (χ0n) is 9.43. The van der Waals surface area contributed by atoms with Gasteiger partial charge in [0, 0.05) is 12.0 Å². The average molecular weight is 232 g/mol. The highest BCUT2D eigenvalue weighted by atomic mass is 16.5. The molecule has 88 valence electrons. The molecule has 17 heavy (non-hydrogen) atoms. The lowest BCUT2D eigenvalue weighted by atomic mass is 10.1.